The van der Waals surface area contributed by atoms with E-state index >= 15 is 0 Å². The quantitative estimate of drug-likeness (QED) is 0.631. The van der Waals surface area contributed by atoms with Crippen LogP contribution >= 0.6 is 0 Å². The van der Waals surface area contributed by atoms with Gasteiger partial charge in [0.15, 0.2) is 11.9 Å². The van der Waals surface area contributed by atoms with E-state index in [1.807, 2.05) is 42.5 Å². The molecule has 1 aromatic heterocycles. The van der Waals surface area contributed by atoms with Crippen LogP contribution in [0.4, 0.5) is 0 Å². The Morgan fingerprint density at radius 1 is 0.895 bits per heavy atom. The van der Waals surface area contributed by atoms with Crippen molar-refractivity contribution in [1.29, 1.82) is 0 Å². The lowest BCUT2D eigenvalue weighted by atomic mass is 9.99. The molecule has 19 heavy (non-hydrogen) atoms. The van der Waals surface area contributed by atoms with Crippen molar-refractivity contribution >= 4 is 17.0 Å². The zero-order chi connectivity index (χ0) is 12.7. The molecule has 2 aromatic carbocycles. The molecule has 0 radical (unpaired) electrons. The maximum atomic E-state index is 5.91. The zero-order valence-electron chi connectivity index (χ0n) is 10.2. The lowest BCUT2D eigenvalue weighted by Crippen LogP contribution is -2.06. The van der Waals surface area contributed by atoms with Gasteiger partial charge in [0, 0.05) is 10.9 Å². The predicted octanol–water partition coefficient (Wildman–Crippen LogP) is 4.52. The molecule has 0 saturated carbocycles. The summed E-state index contributed by atoms with van der Waals surface area (Å²) in [7, 11) is 0. The van der Waals surface area contributed by atoms with Crippen LogP contribution in [-0.4, -0.2) is 0 Å². The number of para-hydroxylation sites is 1. The highest BCUT2D eigenvalue weighted by Crippen LogP contribution is 2.35. The van der Waals surface area contributed by atoms with Crippen LogP contribution in [0.2, 0.25) is 0 Å². The van der Waals surface area contributed by atoms with Crippen LogP contribution in [0.3, 0.4) is 0 Å². The van der Waals surface area contributed by atoms with E-state index in [0.29, 0.717) is 0 Å². The number of hydrogen-bond donors (Lipinski definition) is 0. The molecule has 0 spiro atoms. The van der Waals surface area contributed by atoms with Crippen molar-refractivity contribution in [3.05, 3.63) is 77.7 Å². The number of ether oxygens (including phenoxy) is 1. The lowest BCUT2D eigenvalue weighted by Gasteiger charge is -2.20. The number of benzene rings is 2. The average Bonchev–Trinajstić information content (AvgIpc) is 2.90. The summed E-state index contributed by atoms with van der Waals surface area (Å²) < 4.78 is 11.7. The summed E-state index contributed by atoms with van der Waals surface area (Å²) in [5, 5.41) is 1.10. The van der Waals surface area contributed by atoms with Gasteiger partial charge in [0.1, 0.15) is 5.58 Å². The first-order chi connectivity index (χ1) is 9.42. The van der Waals surface area contributed by atoms with E-state index in [0.717, 1.165) is 22.3 Å². The highest BCUT2D eigenvalue weighted by Gasteiger charge is 2.23. The zero-order valence-corrected chi connectivity index (χ0v) is 10.2. The first-order valence-corrected chi connectivity index (χ1v) is 6.31. The molecule has 2 heteroatoms. The molecule has 3 aromatic rings. The summed E-state index contributed by atoms with van der Waals surface area (Å²) in [5.74, 6) is 0.845. The average molecular weight is 248 g/mol. The molecule has 2 heterocycles. The fourth-order valence-corrected chi connectivity index (χ4v) is 2.52. The van der Waals surface area contributed by atoms with E-state index in [-0.39, 0.29) is 6.10 Å². The Balaban J connectivity index is 1.86. The second kappa shape index (κ2) is 4.02. The standard InChI is InChI=1S/C17H12O2/c1-3-7-14-12(5-1)9-10-18-17(14)16-11-13-6-2-4-8-15(13)19-16/h1-11,17H. The topological polar surface area (TPSA) is 22.4 Å². The smallest absolute Gasteiger partial charge is 0.181 e. The van der Waals surface area contributed by atoms with Gasteiger partial charge >= 0.3 is 0 Å². The Bertz CT molecular complexity index is 735. The minimum absolute atomic E-state index is 0.159. The summed E-state index contributed by atoms with van der Waals surface area (Å²) in [4.78, 5) is 0. The van der Waals surface area contributed by atoms with Gasteiger partial charge in [-0.15, -0.1) is 0 Å². The van der Waals surface area contributed by atoms with Gasteiger partial charge < -0.3 is 9.15 Å². The van der Waals surface area contributed by atoms with Crippen LogP contribution < -0.4 is 0 Å². The Hall–Kier alpha value is -2.48. The minimum Gasteiger partial charge on any atom is -0.485 e. The fraction of sp³-hybridized carbons (Fsp3) is 0.0588. The van der Waals surface area contributed by atoms with Gasteiger partial charge in [0.05, 0.1) is 6.26 Å². The first kappa shape index (κ1) is 10.4. The minimum atomic E-state index is -0.159. The van der Waals surface area contributed by atoms with Crippen molar-refractivity contribution in [2.45, 2.75) is 6.10 Å². The van der Waals surface area contributed by atoms with Gasteiger partial charge in [-0.25, -0.2) is 0 Å². The molecule has 0 amide bonds. The van der Waals surface area contributed by atoms with Crippen molar-refractivity contribution in [3.8, 4) is 0 Å². The molecule has 92 valence electrons. The Morgan fingerprint density at radius 2 is 1.74 bits per heavy atom. The third-order valence-electron chi connectivity index (χ3n) is 3.44. The van der Waals surface area contributed by atoms with E-state index in [4.69, 9.17) is 9.15 Å². The van der Waals surface area contributed by atoms with Gasteiger partial charge in [0.2, 0.25) is 0 Å². The van der Waals surface area contributed by atoms with Crippen LogP contribution in [-0.2, 0) is 4.74 Å². The van der Waals surface area contributed by atoms with E-state index < -0.39 is 0 Å². The SMILES string of the molecule is C1=Cc2ccccc2C(c2cc3ccccc3o2)O1. The molecule has 1 aliphatic rings. The number of hydrogen-bond acceptors (Lipinski definition) is 2. The van der Waals surface area contributed by atoms with Gasteiger partial charge in [-0.2, -0.15) is 0 Å². The molecule has 0 fully saturated rings. The predicted molar refractivity (Wildman–Crippen MR) is 74.6 cm³/mol. The first-order valence-electron chi connectivity index (χ1n) is 6.31. The number of rotatable bonds is 1. The third kappa shape index (κ3) is 1.65. The van der Waals surface area contributed by atoms with Crippen molar-refractivity contribution in [2.24, 2.45) is 0 Å². The summed E-state index contributed by atoms with van der Waals surface area (Å²) in [6.45, 7) is 0. The molecular formula is C17H12O2. The van der Waals surface area contributed by atoms with Crippen molar-refractivity contribution in [3.63, 3.8) is 0 Å². The summed E-state index contributed by atoms with van der Waals surface area (Å²) >= 11 is 0. The second-order valence-electron chi connectivity index (χ2n) is 4.63. The lowest BCUT2D eigenvalue weighted by molar-refractivity contribution is 0.158. The molecular weight excluding hydrogens is 236 g/mol. The maximum Gasteiger partial charge on any atom is 0.181 e. The molecule has 2 nitrogen and oxygen atoms in total. The monoisotopic (exact) mass is 248 g/mol. The van der Waals surface area contributed by atoms with Gasteiger partial charge in [-0.1, -0.05) is 42.5 Å². The van der Waals surface area contributed by atoms with E-state index in [2.05, 4.69) is 18.2 Å². The van der Waals surface area contributed by atoms with Crippen LogP contribution in [0.15, 0.2) is 65.3 Å². The molecule has 1 atom stereocenters. The fourth-order valence-electron chi connectivity index (χ4n) is 2.52. The second-order valence-corrected chi connectivity index (χ2v) is 4.63. The molecule has 1 unspecified atom stereocenters. The van der Waals surface area contributed by atoms with E-state index in [9.17, 15) is 0 Å². The molecule has 4 rings (SSSR count). The van der Waals surface area contributed by atoms with Crippen LogP contribution in [0.5, 0.6) is 0 Å². The third-order valence-corrected chi connectivity index (χ3v) is 3.44. The Morgan fingerprint density at radius 3 is 2.68 bits per heavy atom. The largest absolute Gasteiger partial charge is 0.485 e. The van der Waals surface area contributed by atoms with E-state index in [1.54, 1.807) is 6.26 Å². The molecule has 0 bridgehead atoms. The van der Waals surface area contributed by atoms with E-state index in [1.165, 1.54) is 5.56 Å². The highest BCUT2D eigenvalue weighted by atomic mass is 16.5. The van der Waals surface area contributed by atoms with Gasteiger partial charge in [-0.05, 0) is 23.8 Å². The summed E-state index contributed by atoms with van der Waals surface area (Å²) in [6, 6.07) is 18.3. The Labute approximate surface area is 110 Å². The summed E-state index contributed by atoms with van der Waals surface area (Å²) in [6.07, 6.45) is 3.56. The number of furan rings is 1. The summed E-state index contributed by atoms with van der Waals surface area (Å²) in [5.41, 5.74) is 3.22. The van der Waals surface area contributed by atoms with Crippen LogP contribution in [0.25, 0.3) is 17.0 Å². The number of fused-ring (bicyclic) bond motifs is 2. The molecule has 0 aliphatic carbocycles. The molecule has 0 N–H and O–H groups in total. The van der Waals surface area contributed by atoms with Crippen LogP contribution in [0, 0.1) is 0 Å². The Kier molecular flexibility index (Phi) is 2.21. The van der Waals surface area contributed by atoms with Crippen molar-refractivity contribution in [1.82, 2.24) is 0 Å². The maximum absolute atomic E-state index is 5.91. The highest BCUT2D eigenvalue weighted by molar-refractivity contribution is 5.78. The normalized spacial score (nSPS) is 17.2. The van der Waals surface area contributed by atoms with Crippen molar-refractivity contribution in [2.75, 3.05) is 0 Å². The van der Waals surface area contributed by atoms with Gasteiger partial charge in [-0.3, -0.25) is 0 Å². The van der Waals surface area contributed by atoms with Crippen LogP contribution in [0.1, 0.15) is 23.0 Å². The van der Waals surface area contributed by atoms with Gasteiger partial charge in [0.25, 0.3) is 0 Å². The van der Waals surface area contributed by atoms with Crippen molar-refractivity contribution < 1.29 is 9.15 Å². The molecule has 1 aliphatic heterocycles. The molecule has 0 saturated heterocycles.